The maximum absolute atomic E-state index is 13.9. The van der Waals surface area contributed by atoms with Gasteiger partial charge in [-0.25, -0.2) is 18.8 Å². The molecule has 0 aliphatic heterocycles. The van der Waals surface area contributed by atoms with Gasteiger partial charge in [0.05, 0.1) is 5.71 Å². The van der Waals surface area contributed by atoms with Gasteiger partial charge in [0.25, 0.3) is 0 Å². The number of oxazole rings is 1. The second kappa shape index (κ2) is 7.61. The van der Waals surface area contributed by atoms with Crippen molar-refractivity contribution in [2.45, 2.75) is 13.8 Å². The minimum absolute atomic E-state index is 0.00313. The standard InChI is InChI=1S/C17H17F2N5O/c1-9(2)17(22)24-14(21)6-5-13(20)16-15(23-8-25-16)11-7-10(18)3-4-12(11)19/h3-9,20H,1-2H3,(H3,21,22,24)/b6-5-,20-13?. The number of nitrogens with zero attached hydrogens (tertiary/aromatic N) is 2. The third-order valence-corrected chi connectivity index (χ3v) is 3.24. The van der Waals surface area contributed by atoms with Gasteiger partial charge in [-0.1, -0.05) is 13.8 Å². The zero-order valence-electron chi connectivity index (χ0n) is 13.7. The molecule has 130 valence electrons. The maximum Gasteiger partial charge on any atom is 0.182 e. The normalized spacial score (nSPS) is 12.1. The summed E-state index contributed by atoms with van der Waals surface area (Å²) in [6.45, 7) is 3.68. The lowest BCUT2D eigenvalue weighted by Gasteiger charge is -2.03. The Morgan fingerprint density at radius 2 is 2.00 bits per heavy atom. The maximum atomic E-state index is 13.9. The lowest BCUT2D eigenvalue weighted by atomic mass is 10.1. The molecule has 6 nitrogen and oxygen atoms in total. The minimum Gasteiger partial charge on any atom is -0.441 e. The summed E-state index contributed by atoms with van der Waals surface area (Å²) in [5.41, 5.74) is 5.39. The number of nitrogens with one attached hydrogen (secondary N) is 2. The van der Waals surface area contributed by atoms with Gasteiger partial charge in [-0.05, 0) is 30.4 Å². The Hall–Kier alpha value is -3.16. The van der Waals surface area contributed by atoms with Gasteiger partial charge in [0.2, 0.25) is 0 Å². The average Bonchev–Trinajstić information content (AvgIpc) is 3.04. The molecule has 1 aromatic carbocycles. The van der Waals surface area contributed by atoms with Crippen molar-refractivity contribution in [2.75, 3.05) is 0 Å². The molecular formula is C17H17F2N5O. The first-order chi connectivity index (χ1) is 11.8. The number of allylic oxidation sites excluding steroid dienone is 1. The number of amidine groups is 2. The smallest absolute Gasteiger partial charge is 0.182 e. The fraction of sp³-hybridized carbons (Fsp3) is 0.176. The molecular weight excluding hydrogens is 328 g/mol. The van der Waals surface area contributed by atoms with E-state index >= 15 is 0 Å². The lowest BCUT2D eigenvalue weighted by molar-refractivity contribution is 0.549. The van der Waals surface area contributed by atoms with E-state index in [1.54, 1.807) is 0 Å². The highest BCUT2D eigenvalue weighted by molar-refractivity contribution is 6.12. The second-order valence-electron chi connectivity index (χ2n) is 5.48. The first-order valence-electron chi connectivity index (χ1n) is 7.38. The number of aromatic nitrogens is 1. The highest BCUT2D eigenvalue weighted by Gasteiger charge is 2.17. The predicted molar refractivity (Wildman–Crippen MR) is 92.0 cm³/mol. The molecule has 0 fully saturated rings. The highest BCUT2D eigenvalue weighted by atomic mass is 19.1. The summed E-state index contributed by atoms with van der Waals surface area (Å²) in [6.07, 6.45) is 3.55. The van der Waals surface area contributed by atoms with Gasteiger partial charge in [0.1, 0.15) is 29.0 Å². The number of hydrogen-bond acceptors (Lipinski definition) is 4. The fourth-order valence-corrected chi connectivity index (χ4v) is 1.85. The summed E-state index contributed by atoms with van der Waals surface area (Å²) >= 11 is 0. The van der Waals surface area contributed by atoms with Crippen LogP contribution in [0.1, 0.15) is 19.6 Å². The Morgan fingerprint density at radius 1 is 1.28 bits per heavy atom. The molecule has 0 radical (unpaired) electrons. The minimum atomic E-state index is -0.685. The third-order valence-electron chi connectivity index (χ3n) is 3.24. The molecule has 1 aromatic heterocycles. The van der Waals surface area contributed by atoms with Crippen LogP contribution in [0.5, 0.6) is 0 Å². The van der Waals surface area contributed by atoms with Gasteiger partial charge in [-0.3, -0.25) is 10.8 Å². The Morgan fingerprint density at radius 3 is 2.68 bits per heavy atom. The fourth-order valence-electron chi connectivity index (χ4n) is 1.85. The number of benzene rings is 1. The van der Waals surface area contributed by atoms with Crippen molar-refractivity contribution in [3.05, 3.63) is 54.1 Å². The molecule has 1 heterocycles. The average molecular weight is 345 g/mol. The largest absolute Gasteiger partial charge is 0.441 e. The molecule has 0 aliphatic carbocycles. The van der Waals surface area contributed by atoms with Crippen LogP contribution in [-0.4, -0.2) is 22.4 Å². The number of nitrogens with two attached hydrogens (primary N) is 1. The van der Waals surface area contributed by atoms with E-state index in [0.29, 0.717) is 5.84 Å². The Labute approximate surface area is 143 Å². The Kier molecular flexibility index (Phi) is 5.53. The van der Waals surface area contributed by atoms with Crippen molar-refractivity contribution in [1.29, 1.82) is 10.8 Å². The molecule has 2 aromatic rings. The van der Waals surface area contributed by atoms with E-state index in [0.717, 1.165) is 24.6 Å². The van der Waals surface area contributed by atoms with Gasteiger partial charge in [-0.2, -0.15) is 0 Å². The van der Waals surface area contributed by atoms with Crippen molar-refractivity contribution in [1.82, 2.24) is 4.98 Å². The topological polar surface area (TPSA) is 112 Å². The van der Waals surface area contributed by atoms with Gasteiger partial charge in [0.15, 0.2) is 12.2 Å². The van der Waals surface area contributed by atoms with E-state index in [4.69, 9.17) is 21.0 Å². The summed E-state index contributed by atoms with van der Waals surface area (Å²) < 4.78 is 32.4. The molecule has 2 rings (SSSR count). The molecule has 4 N–H and O–H groups in total. The summed E-state index contributed by atoms with van der Waals surface area (Å²) in [4.78, 5) is 7.73. The molecule has 0 saturated heterocycles. The van der Waals surface area contributed by atoms with Crippen molar-refractivity contribution in [2.24, 2.45) is 16.6 Å². The van der Waals surface area contributed by atoms with Gasteiger partial charge in [-0.15, -0.1) is 0 Å². The number of rotatable bonds is 5. The Bertz CT molecular complexity index is 868. The first-order valence-corrected chi connectivity index (χ1v) is 7.38. The van der Waals surface area contributed by atoms with Crippen molar-refractivity contribution >= 4 is 17.4 Å². The third kappa shape index (κ3) is 4.43. The van der Waals surface area contributed by atoms with Crippen LogP contribution in [0.25, 0.3) is 11.3 Å². The number of halogens is 2. The van der Waals surface area contributed by atoms with Crippen LogP contribution >= 0.6 is 0 Å². The predicted octanol–water partition coefficient (Wildman–Crippen LogP) is 3.53. The van der Waals surface area contributed by atoms with Crippen molar-refractivity contribution in [3.63, 3.8) is 0 Å². The van der Waals surface area contributed by atoms with Gasteiger partial charge >= 0.3 is 0 Å². The quantitative estimate of drug-likeness (QED) is 0.569. The van der Waals surface area contributed by atoms with Crippen LogP contribution in [0.3, 0.4) is 0 Å². The number of aliphatic imine (C=N–C) groups is 1. The molecule has 0 amide bonds. The summed E-state index contributed by atoms with van der Waals surface area (Å²) in [5.74, 6) is -1.22. The SMILES string of the molecule is CC(C)C(N)=NC(=N)/C=C\C(=N)c1ocnc1-c1cc(F)ccc1F. The molecule has 0 unspecified atom stereocenters. The van der Waals surface area contributed by atoms with E-state index in [1.165, 1.54) is 12.2 Å². The molecule has 0 atom stereocenters. The zero-order valence-corrected chi connectivity index (χ0v) is 13.7. The molecule has 0 aliphatic rings. The molecule has 0 spiro atoms. The van der Waals surface area contributed by atoms with Gasteiger partial charge < -0.3 is 10.2 Å². The highest BCUT2D eigenvalue weighted by Crippen LogP contribution is 2.26. The van der Waals surface area contributed by atoms with Crippen molar-refractivity contribution in [3.8, 4) is 11.3 Å². The molecule has 0 bridgehead atoms. The first kappa shape index (κ1) is 18.2. The summed E-state index contributed by atoms with van der Waals surface area (Å²) in [6, 6.07) is 2.94. The number of hydrogen-bond donors (Lipinski definition) is 3. The van der Waals surface area contributed by atoms with E-state index in [1.807, 2.05) is 13.8 Å². The van der Waals surface area contributed by atoms with E-state index < -0.39 is 11.6 Å². The van der Waals surface area contributed by atoms with Crippen LogP contribution in [-0.2, 0) is 0 Å². The van der Waals surface area contributed by atoms with Crippen LogP contribution in [0.4, 0.5) is 8.78 Å². The molecule has 8 heteroatoms. The second-order valence-corrected chi connectivity index (χ2v) is 5.48. The molecule has 25 heavy (non-hydrogen) atoms. The monoisotopic (exact) mass is 345 g/mol. The van der Waals surface area contributed by atoms with Crippen LogP contribution < -0.4 is 5.73 Å². The molecule has 0 saturated carbocycles. The summed E-state index contributed by atoms with van der Waals surface area (Å²) in [7, 11) is 0. The van der Waals surface area contributed by atoms with E-state index in [2.05, 4.69) is 9.98 Å². The van der Waals surface area contributed by atoms with Crippen LogP contribution in [0, 0.1) is 28.4 Å². The zero-order chi connectivity index (χ0) is 18.6. The van der Waals surface area contributed by atoms with Gasteiger partial charge in [0, 0.05) is 11.5 Å². The lowest BCUT2D eigenvalue weighted by Crippen LogP contribution is -2.20. The van der Waals surface area contributed by atoms with Crippen LogP contribution in [0.15, 0.2) is 46.2 Å². The van der Waals surface area contributed by atoms with E-state index in [9.17, 15) is 8.78 Å². The summed E-state index contributed by atoms with van der Waals surface area (Å²) in [5, 5.41) is 15.7. The van der Waals surface area contributed by atoms with E-state index in [-0.39, 0.29) is 34.5 Å². The van der Waals surface area contributed by atoms with Crippen molar-refractivity contribution < 1.29 is 13.2 Å². The Balaban J connectivity index is 2.26. The van der Waals surface area contributed by atoms with Crippen LogP contribution in [0.2, 0.25) is 0 Å².